The number of carboxylic acid groups (broad SMARTS) is 1. The molecule has 3 aromatic carbocycles. The van der Waals surface area contributed by atoms with Crippen molar-refractivity contribution in [3.8, 4) is 0 Å². The first-order valence-corrected chi connectivity index (χ1v) is 13.2. The maximum atomic E-state index is 12.2. The minimum Gasteiger partial charge on any atom is -0.481 e. The summed E-state index contributed by atoms with van der Waals surface area (Å²) in [6.45, 7) is 3.57. The van der Waals surface area contributed by atoms with E-state index in [0.717, 1.165) is 23.2 Å². The van der Waals surface area contributed by atoms with Crippen molar-refractivity contribution < 1.29 is 29.3 Å². The van der Waals surface area contributed by atoms with Crippen molar-refractivity contribution in [2.24, 2.45) is 5.92 Å². The van der Waals surface area contributed by atoms with E-state index in [4.69, 9.17) is 14.6 Å². The first-order valence-electron chi connectivity index (χ1n) is 13.2. The number of nitrogens with zero attached hydrogens (tertiary/aromatic N) is 1. The Balaban J connectivity index is 1.54. The molecule has 1 aliphatic heterocycles. The van der Waals surface area contributed by atoms with Gasteiger partial charge in [0.15, 0.2) is 6.29 Å². The number of benzene rings is 3. The Kier molecular flexibility index (Phi) is 9.84. The van der Waals surface area contributed by atoms with Crippen molar-refractivity contribution in [1.29, 1.82) is 0 Å². The van der Waals surface area contributed by atoms with Crippen LogP contribution >= 0.6 is 0 Å². The van der Waals surface area contributed by atoms with Gasteiger partial charge in [-0.1, -0.05) is 73.7 Å². The van der Waals surface area contributed by atoms with Gasteiger partial charge in [-0.3, -0.25) is 14.5 Å². The Labute approximate surface area is 229 Å². The highest BCUT2D eigenvalue weighted by Gasteiger charge is 2.38. The van der Waals surface area contributed by atoms with E-state index in [1.807, 2.05) is 54.6 Å². The maximum absolute atomic E-state index is 12.2. The minimum atomic E-state index is -1.02. The number of rotatable bonds is 11. The van der Waals surface area contributed by atoms with Crippen LogP contribution in [-0.2, 0) is 32.2 Å². The molecule has 1 saturated heterocycles. The summed E-state index contributed by atoms with van der Waals surface area (Å²) >= 11 is 0. The molecule has 8 heteroatoms. The molecule has 0 aliphatic carbocycles. The monoisotopic (exact) mass is 532 g/mol. The molecule has 3 N–H and O–H groups in total. The molecule has 1 aliphatic rings. The summed E-state index contributed by atoms with van der Waals surface area (Å²) in [4.78, 5) is 25.2. The Hall–Kier alpha value is -3.56. The summed E-state index contributed by atoms with van der Waals surface area (Å²) in [5.74, 6) is -1.34. The van der Waals surface area contributed by atoms with Crippen LogP contribution in [0.2, 0.25) is 0 Å². The van der Waals surface area contributed by atoms with Crippen molar-refractivity contribution in [1.82, 2.24) is 4.90 Å². The van der Waals surface area contributed by atoms with Crippen LogP contribution in [0.4, 0.5) is 5.69 Å². The van der Waals surface area contributed by atoms with E-state index in [2.05, 4.69) is 36.3 Å². The first-order chi connectivity index (χ1) is 18.8. The number of nitrogens with one attached hydrogen (secondary N) is 1. The van der Waals surface area contributed by atoms with E-state index >= 15 is 0 Å². The van der Waals surface area contributed by atoms with Gasteiger partial charge in [-0.2, -0.15) is 0 Å². The average Bonchev–Trinajstić information content (AvgIpc) is 2.94. The van der Waals surface area contributed by atoms with E-state index in [1.54, 1.807) is 12.1 Å². The highest BCUT2D eigenvalue weighted by atomic mass is 16.7. The van der Waals surface area contributed by atoms with E-state index in [0.29, 0.717) is 12.2 Å². The lowest BCUT2D eigenvalue weighted by atomic mass is 9.90. The number of hydrogen-bond acceptors (Lipinski definition) is 6. The second-order valence-electron chi connectivity index (χ2n) is 10.1. The molecule has 0 unspecified atom stereocenters. The Bertz CT molecular complexity index is 1230. The van der Waals surface area contributed by atoms with Gasteiger partial charge in [0.1, 0.15) is 0 Å². The number of likely N-dealkylation sites (N-methyl/N-ethyl adjacent to an activating group) is 1. The van der Waals surface area contributed by atoms with E-state index in [1.165, 1.54) is 5.56 Å². The molecule has 4 rings (SSSR count). The van der Waals surface area contributed by atoms with Crippen LogP contribution in [0.1, 0.15) is 54.4 Å². The lowest BCUT2D eigenvalue weighted by Gasteiger charge is -2.42. The Morgan fingerprint density at radius 3 is 2.33 bits per heavy atom. The highest BCUT2D eigenvalue weighted by molar-refractivity contribution is 5.92. The summed E-state index contributed by atoms with van der Waals surface area (Å²) in [6, 6.07) is 25.3. The molecule has 1 heterocycles. The first kappa shape index (κ1) is 28.4. The third kappa shape index (κ3) is 7.97. The maximum Gasteiger partial charge on any atom is 0.303 e. The number of ether oxygens (including phenoxy) is 2. The Morgan fingerprint density at radius 2 is 1.64 bits per heavy atom. The van der Waals surface area contributed by atoms with Crippen LogP contribution in [-0.4, -0.2) is 46.7 Å². The molecule has 206 valence electrons. The molecule has 3 aromatic rings. The van der Waals surface area contributed by atoms with Gasteiger partial charge in [-0.05, 0) is 35.9 Å². The molecule has 8 nitrogen and oxygen atoms in total. The van der Waals surface area contributed by atoms with Gasteiger partial charge in [-0.15, -0.1) is 0 Å². The van der Waals surface area contributed by atoms with Crippen molar-refractivity contribution in [3.63, 3.8) is 0 Å². The van der Waals surface area contributed by atoms with Crippen LogP contribution in [0.25, 0.3) is 0 Å². The fourth-order valence-corrected chi connectivity index (χ4v) is 4.80. The predicted molar refractivity (Wildman–Crippen MR) is 148 cm³/mol. The smallest absolute Gasteiger partial charge is 0.303 e. The van der Waals surface area contributed by atoms with E-state index < -0.39 is 12.3 Å². The third-order valence-electron chi connectivity index (χ3n) is 6.92. The predicted octanol–water partition coefficient (Wildman–Crippen LogP) is 4.91. The van der Waals surface area contributed by atoms with Crippen LogP contribution in [0.15, 0.2) is 78.9 Å². The summed E-state index contributed by atoms with van der Waals surface area (Å²) in [6.07, 6.45) is -1.40. The summed E-state index contributed by atoms with van der Waals surface area (Å²) in [7, 11) is 2.08. The summed E-state index contributed by atoms with van der Waals surface area (Å²) < 4.78 is 13.1. The number of aliphatic carboxylic acids is 1. The fraction of sp³-hybridized carbons (Fsp3) is 0.355. The highest BCUT2D eigenvalue weighted by Crippen LogP contribution is 2.42. The van der Waals surface area contributed by atoms with Gasteiger partial charge < -0.3 is 25.0 Å². The van der Waals surface area contributed by atoms with Gasteiger partial charge in [0.2, 0.25) is 5.91 Å². The molecular weight excluding hydrogens is 496 g/mol. The number of carbonyl (C=O) groups excluding carboxylic acids is 1. The normalized spacial score (nSPS) is 21.0. The van der Waals surface area contributed by atoms with E-state index in [9.17, 15) is 14.7 Å². The van der Waals surface area contributed by atoms with Crippen molar-refractivity contribution in [2.75, 3.05) is 18.9 Å². The van der Waals surface area contributed by atoms with Gasteiger partial charge in [0, 0.05) is 36.7 Å². The zero-order valence-electron chi connectivity index (χ0n) is 22.3. The minimum absolute atomic E-state index is 0.0228. The van der Waals surface area contributed by atoms with Gasteiger partial charge in [0.25, 0.3) is 0 Å². The largest absolute Gasteiger partial charge is 0.481 e. The number of amides is 1. The van der Waals surface area contributed by atoms with E-state index in [-0.39, 0.29) is 43.5 Å². The second-order valence-corrected chi connectivity index (χ2v) is 10.1. The fourth-order valence-electron chi connectivity index (χ4n) is 4.80. The molecule has 4 atom stereocenters. The SMILES string of the molecule is C[C@H]1[C@@H](CN(C)Cc2ccccc2)O[C@@H](c2cccc(NC(=O)CCC(=O)O)c2)O[C@H]1c1ccc(CO)cc1. The van der Waals surface area contributed by atoms with Crippen molar-refractivity contribution in [3.05, 3.63) is 101 Å². The standard InChI is InChI=1S/C31H36N2O6/c1-21-27(19-33(2)18-22-7-4-3-5-8-22)38-31(39-30(21)24-13-11-23(20-34)12-14-24)25-9-6-10-26(17-25)32-28(35)15-16-29(36)37/h3-14,17,21,27,30-31,34H,15-16,18-20H2,1-2H3,(H,32,35)(H,36,37)/t21-,27+,30+,31+/m0/s1. The zero-order chi connectivity index (χ0) is 27.8. The topological polar surface area (TPSA) is 108 Å². The summed E-state index contributed by atoms with van der Waals surface area (Å²) in [5.41, 5.74) is 4.36. The lowest BCUT2D eigenvalue weighted by molar-refractivity contribution is -0.276. The molecule has 0 bridgehead atoms. The Morgan fingerprint density at radius 1 is 0.897 bits per heavy atom. The van der Waals surface area contributed by atoms with Crippen LogP contribution < -0.4 is 5.32 Å². The molecule has 0 radical (unpaired) electrons. The molecule has 0 spiro atoms. The molecule has 1 fully saturated rings. The molecule has 0 saturated carbocycles. The van der Waals surface area contributed by atoms with Crippen LogP contribution in [0.3, 0.4) is 0 Å². The van der Waals surface area contributed by atoms with Gasteiger partial charge >= 0.3 is 5.97 Å². The van der Waals surface area contributed by atoms with Crippen molar-refractivity contribution >= 4 is 17.6 Å². The zero-order valence-corrected chi connectivity index (χ0v) is 22.3. The molecule has 0 aromatic heterocycles. The average molecular weight is 533 g/mol. The third-order valence-corrected chi connectivity index (χ3v) is 6.92. The number of aliphatic hydroxyl groups excluding tert-OH is 1. The number of hydrogen-bond donors (Lipinski definition) is 3. The van der Waals surface area contributed by atoms with Crippen LogP contribution in [0.5, 0.6) is 0 Å². The number of aliphatic hydroxyl groups is 1. The quantitative estimate of drug-likeness (QED) is 0.322. The second kappa shape index (κ2) is 13.5. The lowest BCUT2D eigenvalue weighted by Crippen LogP contribution is -2.43. The number of carbonyl (C=O) groups is 2. The number of carboxylic acids is 1. The van der Waals surface area contributed by atoms with Crippen molar-refractivity contribution in [2.45, 2.75) is 51.4 Å². The molecular formula is C31H36N2O6. The van der Waals surface area contributed by atoms with Crippen LogP contribution in [0, 0.1) is 5.92 Å². The molecule has 1 amide bonds. The van der Waals surface area contributed by atoms with Gasteiger partial charge in [0.05, 0.1) is 25.2 Å². The molecule has 39 heavy (non-hydrogen) atoms. The summed E-state index contributed by atoms with van der Waals surface area (Å²) in [5, 5.41) is 21.1. The van der Waals surface area contributed by atoms with Gasteiger partial charge in [-0.25, -0.2) is 0 Å². The number of anilines is 1.